The van der Waals surface area contributed by atoms with Crippen molar-refractivity contribution in [2.45, 2.75) is 26.4 Å². The zero-order valence-electron chi connectivity index (χ0n) is 10.2. The summed E-state index contributed by atoms with van der Waals surface area (Å²) in [7, 11) is 0. The highest BCUT2D eigenvalue weighted by atomic mass is 35.5. The van der Waals surface area contributed by atoms with Gasteiger partial charge in [0.1, 0.15) is 0 Å². The minimum Gasteiger partial charge on any atom is -0.356 e. The fraction of sp³-hybridized carbons (Fsp3) is 0.308. The van der Waals surface area contributed by atoms with Crippen LogP contribution in [0.2, 0.25) is 10.0 Å². The predicted molar refractivity (Wildman–Crippen MR) is 73.9 cm³/mol. The number of rotatable bonds is 4. The second kappa shape index (κ2) is 5.74. The molecular weight excluding hydrogens is 271 g/mol. The van der Waals surface area contributed by atoms with Crippen molar-refractivity contribution < 1.29 is 4.52 Å². The molecule has 0 amide bonds. The monoisotopic (exact) mass is 284 g/mol. The van der Waals surface area contributed by atoms with Crippen LogP contribution in [0.1, 0.15) is 19.5 Å². The van der Waals surface area contributed by atoms with Crippen LogP contribution in [0, 0.1) is 0 Å². The molecule has 5 heteroatoms. The number of hydrogen-bond acceptors (Lipinski definition) is 3. The Morgan fingerprint density at radius 2 is 2.11 bits per heavy atom. The highest BCUT2D eigenvalue weighted by Crippen LogP contribution is 2.33. The summed E-state index contributed by atoms with van der Waals surface area (Å²) < 4.78 is 5.29. The third-order valence-electron chi connectivity index (χ3n) is 2.47. The Bertz CT molecular complexity index is 538. The van der Waals surface area contributed by atoms with Crippen LogP contribution in [-0.4, -0.2) is 11.2 Å². The topological polar surface area (TPSA) is 38.1 Å². The summed E-state index contributed by atoms with van der Waals surface area (Å²) in [6, 6.07) is 7.70. The van der Waals surface area contributed by atoms with Gasteiger partial charge in [0, 0.05) is 24.2 Å². The molecule has 1 N–H and O–H groups in total. The molecular formula is C13H14Cl2N2O. The van der Waals surface area contributed by atoms with Crippen molar-refractivity contribution >= 4 is 23.2 Å². The average Bonchev–Trinajstić information content (AvgIpc) is 2.78. The van der Waals surface area contributed by atoms with E-state index in [1.165, 1.54) is 0 Å². The number of nitrogens with zero attached hydrogens (tertiary/aromatic N) is 1. The molecule has 0 radical (unpaired) electrons. The summed E-state index contributed by atoms with van der Waals surface area (Å²) >= 11 is 12.1. The van der Waals surface area contributed by atoms with E-state index in [1.807, 2.05) is 18.2 Å². The largest absolute Gasteiger partial charge is 0.356 e. The molecule has 0 bridgehead atoms. The second-order valence-corrected chi connectivity index (χ2v) is 5.10. The van der Waals surface area contributed by atoms with E-state index < -0.39 is 0 Å². The van der Waals surface area contributed by atoms with Crippen LogP contribution in [0.15, 0.2) is 28.8 Å². The van der Waals surface area contributed by atoms with Crippen LogP contribution in [0.25, 0.3) is 11.3 Å². The first kappa shape index (κ1) is 13.4. The fourth-order valence-electron chi connectivity index (χ4n) is 1.52. The maximum absolute atomic E-state index is 6.13. The SMILES string of the molecule is CC(C)NCc1cc(-c2cccc(Cl)c2Cl)on1. The van der Waals surface area contributed by atoms with Gasteiger partial charge in [-0.1, -0.05) is 48.3 Å². The molecule has 0 aliphatic carbocycles. The molecule has 0 aliphatic rings. The standard InChI is InChI=1S/C13H14Cl2N2O/c1-8(2)16-7-9-6-12(18-17-9)10-4-3-5-11(14)13(10)15/h3-6,8,16H,7H2,1-2H3. The first-order valence-corrected chi connectivity index (χ1v) is 6.47. The minimum absolute atomic E-state index is 0.403. The summed E-state index contributed by atoms with van der Waals surface area (Å²) in [6.45, 7) is 4.82. The number of halogens is 2. The quantitative estimate of drug-likeness (QED) is 0.917. The number of nitrogens with one attached hydrogen (secondary N) is 1. The molecule has 3 nitrogen and oxygen atoms in total. The summed E-state index contributed by atoms with van der Waals surface area (Å²) in [5.74, 6) is 0.628. The van der Waals surface area contributed by atoms with E-state index in [4.69, 9.17) is 27.7 Å². The smallest absolute Gasteiger partial charge is 0.168 e. The lowest BCUT2D eigenvalue weighted by Gasteiger charge is -2.03. The molecule has 0 saturated carbocycles. The lowest BCUT2D eigenvalue weighted by Crippen LogP contribution is -2.21. The molecule has 1 aromatic heterocycles. The zero-order chi connectivity index (χ0) is 13.1. The Labute approximate surface area is 116 Å². The molecule has 1 heterocycles. The van der Waals surface area contributed by atoms with Crippen LogP contribution in [0.4, 0.5) is 0 Å². The maximum Gasteiger partial charge on any atom is 0.168 e. The van der Waals surface area contributed by atoms with Crippen LogP contribution in [-0.2, 0) is 6.54 Å². The zero-order valence-corrected chi connectivity index (χ0v) is 11.7. The van der Waals surface area contributed by atoms with E-state index in [9.17, 15) is 0 Å². The van der Waals surface area contributed by atoms with Crippen molar-refractivity contribution in [1.29, 1.82) is 0 Å². The van der Waals surface area contributed by atoms with Crippen molar-refractivity contribution in [1.82, 2.24) is 10.5 Å². The molecule has 96 valence electrons. The average molecular weight is 285 g/mol. The van der Waals surface area contributed by atoms with E-state index in [2.05, 4.69) is 24.3 Å². The normalized spacial score (nSPS) is 11.2. The maximum atomic E-state index is 6.13. The van der Waals surface area contributed by atoms with Crippen LogP contribution in [0.5, 0.6) is 0 Å². The third kappa shape index (κ3) is 3.05. The lowest BCUT2D eigenvalue weighted by molar-refractivity contribution is 0.417. The molecule has 0 aliphatic heterocycles. The Kier molecular flexibility index (Phi) is 4.27. The van der Waals surface area contributed by atoms with Gasteiger partial charge >= 0.3 is 0 Å². The molecule has 18 heavy (non-hydrogen) atoms. The summed E-state index contributed by atoms with van der Waals surface area (Å²) in [4.78, 5) is 0. The number of hydrogen-bond donors (Lipinski definition) is 1. The highest BCUT2D eigenvalue weighted by molar-refractivity contribution is 6.43. The van der Waals surface area contributed by atoms with Crippen molar-refractivity contribution in [3.8, 4) is 11.3 Å². The fourth-order valence-corrected chi connectivity index (χ4v) is 1.92. The van der Waals surface area contributed by atoms with Crippen molar-refractivity contribution in [3.05, 3.63) is 40.0 Å². The lowest BCUT2D eigenvalue weighted by atomic mass is 10.1. The van der Waals surface area contributed by atoms with Crippen LogP contribution in [0.3, 0.4) is 0 Å². The van der Waals surface area contributed by atoms with E-state index in [1.54, 1.807) is 6.07 Å². The van der Waals surface area contributed by atoms with Gasteiger partial charge in [-0.15, -0.1) is 0 Å². The van der Waals surface area contributed by atoms with Gasteiger partial charge in [-0.3, -0.25) is 0 Å². The number of benzene rings is 1. The molecule has 0 spiro atoms. The van der Waals surface area contributed by atoms with Gasteiger partial charge in [0.15, 0.2) is 5.76 Å². The van der Waals surface area contributed by atoms with Gasteiger partial charge < -0.3 is 9.84 Å². The summed E-state index contributed by atoms with van der Waals surface area (Å²) in [6.07, 6.45) is 0. The van der Waals surface area contributed by atoms with E-state index in [-0.39, 0.29) is 0 Å². The van der Waals surface area contributed by atoms with Crippen molar-refractivity contribution in [3.63, 3.8) is 0 Å². The summed E-state index contributed by atoms with van der Waals surface area (Å²) in [5, 5.41) is 8.26. The van der Waals surface area contributed by atoms with Crippen molar-refractivity contribution in [2.24, 2.45) is 0 Å². The molecule has 0 atom stereocenters. The Balaban J connectivity index is 2.21. The second-order valence-electron chi connectivity index (χ2n) is 4.32. The van der Waals surface area contributed by atoms with E-state index in [0.717, 1.165) is 11.3 Å². The van der Waals surface area contributed by atoms with Gasteiger partial charge in [0.25, 0.3) is 0 Å². The Morgan fingerprint density at radius 1 is 1.33 bits per heavy atom. The predicted octanol–water partition coefficient (Wildman–Crippen LogP) is 4.15. The van der Waals surface area contributed by atoms with Gasteiger partial charge in [0.05, 0.1) is 15.7 Å². The van der Waals surface area contributed by atoms with Crippen LogP contribution >= 0.6 is 23.2 Å². The summed E-state index contributed by atoms with van der Waals surface area (Å²) in [5.41, 5.74) is 1.60. The molecule has 1 aromatic carbocycles. The van der Waals surface area contributed by atoms with E-state index in [0.29, 0.717) is 28.4 Å². The van der Waals surface area contributed by atoms with Gasteiger partial charge in [-0.05, 0) is 12.1 Å². The van der Waals surface area contributed by atoms with Gasteiger partial charge in [0.2, 0.25) is 0 Å². The molecule has 0 unspecified atom stereocenters. The first-order chi connectivity index (χ1) is 8.58. The Hall–Kier alpha value is -1.03. The minimum atomic E-state index is 0.403. The van der Waals surface area contributed by atoms with Crippen LogP contribution < -0.4 is 5.32 Å². The molecule has 2 aromatic rings. The molecule has 0 saturated heterocycles. The van der Waals surface area contributed by atoms with E-state index >= 15 is 0 Å². The first-order valence-electron chi connectivity index (χ1n) is 5.71. The third-order valence-corrected chi connectivity index (χ3v) is 3.29. The van der Waals surface area contributed by atoms with Gasteiger partial charge in [-0.25, -0.2) is 0 Å². The number of aromatic nitrogens is 1. The van der Waals surface area contributed by atoms with Crippen molar-refractivity contribution in [2.75, 3.05) is 0 Å². The molecule has 2 rings (SSSR count). The van der Waals surface area contributed by atoms with Gasteiger partial charge in [-0.2, -0.15) is 0 Å². The molecule has 0 fully saturated rings. The highest BCUT2D eigenvalue weighted by Gasteiger charge is 2.12. The Morgan fingerprint density at radius 3 is 2.83 bits per heavy atom.